The molecule has 9 heteroatoms. The van der Waals surface area contributed by atoms with E-state index in [1.54, 1.807) is 60.9 Å². The molecule has 4 rings (SSSR count). The van der Waals surface area contributed by atoms with E-state index >= 15 is 0 Å². The van der Waals surface area contributed by atoms with E-state index in [9.17, 15) is 13.2 Å². The summed E-state index contributed by atoms with van der Waals surface area (Å²) >= 11 is 1.46. The average molecular weight is 465 g/mol. The van der Waals surface area contributed by atoms with Crippen LogP contribution in [0, 0.1) is 6.92 Å². The number of thiazole rings is 1. The van der Waals surface area contributed by atoms with Crippen molar-refractivity contribution < 1.29 is 13.2 Å². The Hall–Kier alpha value is -3.56. The lowest BCUT2D eigenvalue weighted by Crippen LogP contribution is -2.15. The van der Waals surface area contributed by atoms with E-state index in [-0.39, 0.29) is 17.2 Å². The van der Waals surface area contributed by atoms with Crippen molar-refractivity contribution in [2.24, 2.45) is 0 Å². The fraction of sp³-hybridized carbons (Fsp3) is 0.0870. The Morgan fingerprint density at radius 1 is 1.00 bits per heavy atom. The highest BCUT2D eigenvalue weighted by atomic mass is 32.2. The Bertz CT molecular complexity index is 1320. The zero-order chi connectivity index (χ0) is 22.6. The van der Waals surface area contributed by atoms with Crippen LogP contribution in [-0.2, 0) is 21.2 Å². The summed E-state index contributed by atoms with van der Waals surface area (Å²) in [6, 6.07) is 16.9. The number of pyridine rings is 1. The van der Waals surface area contributed by atoms with Gasteiger partial charge >= 0.3 is 0 Å². The van der Waals surface area contributed by atoms with Gasteiger partial charge in [-0.2, -0.15) is 0 Å². The van der Waals surface area contributed by atoms with E-state index in [4.69, 9.17) is 0 Å². The fourth-order valence-corrected chi connectivity index (χ4v) is 4.80. The van der Waals surface area contributed by atoms with Crippen LogP contribution in [0.3, 0.4) is 0 Å². The maximum Gasteiger partial charge on any atom is 0.261 e. The average Bonchev–Trinajstić information content (AvgIpc) is 3.24. The SMILES string of the molecule is Cc1ccc(S(=O)(=O)Nc2ccc(NC(=O)Cc3csc(-c4cccnc4)n3)cc2)cc1. The summed E-state index contributed by atoms with van der Waals surface area (Å²) in [5, 5.41) is 5.47. The van der Waals surface area contributed by atoms with Crippen molar-refractivity contribution in [1.82, 2.24) is 9.97 Å². The van der Waals surface area contributed by atoms with Crippen molar-refractivity contribution in [3.8, 4) is 10.6 Å². The molecule has 4 aromatic rings. The van der Waals surface area contributed by atoms with Gasteiger partial charge in [-0.15, -0.1) is 11.3 Å². The number of anilines is 2. The first-order valence-corrected chi connectivity index (χ1v) is 12.1. The molecule has 7 nitrogen and oxygen atoms in total. The second kappa shape index (κ2) is 9.29. The molecule has 2 heterocycles. The molecule has 162 valence electrons. The smallest absolute Gasteiger partial charge is 0.261 e. The van der Waals surface area contributed by atoms with Crippen LogP contribution in [0.1, 0.15) is 11.3 Å². The maximum absolute atomic E-state index is 12.5. The Balaban J connectivity index is 1.36. The standard InChI is InChI=1S/C23H20N4O3S2/c1-16-4-10-21(11-5-16)32(29,30)27-19-8-6-18(7-9-19)25-22(28)13-20-15-31-23(26-20)17-3-2-12-24-14-17/h2-12,14-15,27H,13H2,1H3,(H,25,28). The minimum atomic E-state index is -3.68. The van der Waals surface area contributed by atoms with Gasteiger partial charge in [0.1, 0.15) is 5.01 Å². The second-order valence-electron chi connectivity index (χ2n) is 7.11. The van der Waals surface area contributed by atoms with E-state index in [2.05, 4.69) is 20.0 Å². The van der Waals surface area contributed by atoms with Crippen molar-refractivity contribution in [2.75, 3.05) is 10.0 Å². The maximum atomic E-state index is 12.5. The number of hydrogen-bond acceptors (Lipinski definition) is 6. The third kappa shape index (κ3) is 5.37. The molecule has 0 atom stereocenters. The van der Waals surface area contributed by atoms with Crippen LogP contribution in [0.15, 0.2) is 83.3 Å². The van der Waals surface area contributed by atoms with Gasteiger partial charge in [0.25, 0.3) is 10.0 Å². The lowest BCUT2D eigenvalue weighted by atomic mass is 10.2. The van der Waals surface area contributed by atoms with E-state index in [0.717, 1.165) is 16.1 Å². The molecule has 0 aliphatic rings. The van der Waals surface area contributed by atoms with Crippen molar-refractivity contribution in [2.45, 2.75) is 18.2 Å². The Kier molecular flexibility index (Phi) is 6.29. The summed E-state index contributed by atoms with van der Waals surface area (Å²) in [4.78, 5) is 21.1. The zero-order valence-electron chi connectivity index (χ0n) is 17.1. The van der Waals surface area contributed by atoms with E-state index in [1.807, 2.05) is 24.4 Å². The number of nitrogens with one attached hydrogen (secondary N) is 2. The molecule has 2 N–H and O–H groups in total. The van der Waals surface area contributed by atoms with Gasteiger partial charge in [0.05, 0.1) is 17.0 Å². The highest BCUT2D eigenvalue weighted by Crippen LogP contribution is 2.23. The lowest BCUT2D eigenvalue weighted by Gasteiger charge is -2.10. The molecule has 0 spiro atoms. The number of nitrogens with zero attached hydrogens (tertiary/aromatic N) is 2. The molecule has 0 radical (unpaired) electrons. The zero-order valence-corrected chi connectivity index (χ0v) is 18.8. The molecular weight excluding hydrogens is 444 g/mol. The van der Waals surface area contributed by atoms with Crippen LogP contribution in [0.5, 0.6) is 0 Å². The first-order valence-electron chi connectivity index (χ1n) is 9.73. The molecular formula is C23H20N4O3S2. The summed E-state index contributed by atoms with van der Waals surface area (Å²) in [5.41, 5.74) is 3.54. The van der Waals surface area contributed by atoms with Crippen molar-refractivity contribution in [3.63, 3.8) is 0 Å². The number of sulfonamides is 1. The molecule has 0 unspecified atom stereocenters. The number of amides is 1. The monoisotopic (exact) mass is 464 g/mol. The Morgan fingerprint density at radius 2 is 1.72 bits per heavy atom. The van der Waals surface area contributed by atoms with Gasteiger partial charge in [-0.05, 0) is 55.5 Å². The van der Waals surface area contributed by atoms with E-state index < -0.39 is 10.0 Å². The summed E-state index contributed by atoms with van der Waals surface area (Å²) < 4.78 is 27.5. The van der Waals surface area contributed by atoms with Gasteiger partial charge in [-0.3, -0.25) is 14.5 Å². The number of aromatic nitrogens is 2. The van der Waals surface area contributed by atoms with Crippen molar-refractivity contribution in [3.05, 3.63) is 89.7 Å². The minimum absolute atomic E-state index is 0.137. The van der Waals surface area contributed by atoms with Crippen LogP contribution in [0.25, 0.3) is 10.6 Å². The number of aryl methyl sites for hydroxylation is 1. The van der Waals surface area contributed by atoms with Crippen molar-refractivity contribution in [1.29, 1.82) is 0 Å². The normalized spacial score (nSPS) is 11.2. The minimum Gasteiger partial charge on any atom is -0.326 e. The molecule has 0 aliphatic carbocycles. The summed E-state index contributed by atoms with van der Waals surface area (Å²) in [7, 11) is -3.68. The molecule has 0 saturated carbocycles. The molecule has 0 fully saturated rings. The molecule has 0 bridgehead atoms. The first kappa shape index (κ1) is 21.7. The molecule has 32 heavy (non-hydrogen) atoms. The van der Waals surface area contributed by atoms with Crippen LogP contribution < -0.4 is 10.0 Å². The number of benzene rings is 2. The van der Waals surface area contributed by atoms with E-state index in [1.165, 1.54) is 11.3 Å². The third-order valence-electron chi connectivity index (χ3n) is 4.55. The molecule has 2 aromatic heterocycles. The predicted octanol–water partition coefficient (Wildman–Crippen LogP) is 4.50. The van der Waals surface area contributed by atoms with Gasteiger partial charge in [0, 0.05) is 34.7 Å². The molecule has 0 saturated heterocycles. The largest absolute Gasteiger partial charge is 0.326 e. The third-order valence-corrected chi connectivity index (χ3v) is 6.89. The van der Waals surface area contributed by atoms with Crippen molar-refractivity contribution >= 4 is 38.6 Å². The van der Waals surface area contributed by atoms with Gasteiger partial charge in [0.2, 0.25) is 5.91 Å². The topological polar surface area (TPSA) is 101 Å². The quantitative estimate of drug-likeness (QED) is 0.419. The van der Waals surface area contributed by atoms with Crippen LogP contribution in [-0.4, -0.2) is 24.3 Å². The number of carbonyl (C=O) groups excluding carboxylic acids is 1. The highest BCUT2D eigenvalue weighted by molar-refractivity contribution is 7.92. The van der Waals surface area contributed by atoms with Crippen LogP contribution in [0.4, 0.5) is 11.4 Å². The number of hydrogen-bond donors (Lipinski definition) is 2. The predicted molar refractivity (Wildman–Crippen MR) is 126 cm³/mol. The Morgan fingerprint density at radius 3 is 2.41 bits per heavy atom. The molecule has 2 aromatic carbocycles. The molecule has 0 aliphatic heterocycles. The summed E-state index contributed by atoms with van der Waals surface area (Å²) in [5.74, 6) is -0.207. The lowest BCUT2D eigenvalue weighted by molar-refractivity contribution is -0.115. The van der Waals surface area contributed by atoms with E-state index in [0.29, 0.717) is 17.1 Å². The highest BCUT2D eigenvalue weighted by Gasteiger charge is 2.14. The first-order chi connectivity index (χ1) is 15.4. The molecule has 1 amide bonds. The summed E-state index contributed by atoms with van der Waals surface area (Å²) in [6.07, 6.45) is 3.57. The van der Waals surface area contributed by atoms with Gasteiger partial charge in [-0.25, -0.2) is 13.4 Å². The van der Waals surface area contributed by atoms with Crippen LogP contribution >= 0.6 is 11.3 Å². The number of rotatable bonds is 7. The van der Waals surface area contributed by atoms with Crippen LogP contribution in [0.2, 0.25) is 0 Å². The van der Waals surface area contributed by atoms with Gasteiger partial charge in [-0.1, -0.05) is 17.7 Å². The second-order valence-corrected chi connectivity index (χ2v) is 9.65. The van der Waals surface area contributed by atoms with Gasteiger partial charge < -0.3 is 5.32 Å². The summed E-state index contributed by atoms with van der Waals surface area (Å²) in [6.45, 7) is 1.89. The Labute approximate surface area is 190 Å². The number of carbonyl (C=O) groups is 1. The van der Waals surface area contributed by atoms with Gasteiger partial charge in [0.15, 0.2) is 0 Å². The fourth-order valence-electron chi connectivity index (χ4n) is 2.93.